The minimum atomic E-state index is -3.93. The molecule has 26 heavy (non-hydrogen) atoms. The van der Waals surface area contributed by atoms with Gasteiger partial charge in [0.2, 0.25) is 10.0 Å². The summed E-state index contributed by atoms with van der Waals surface area (Å²) in [5, 5.41) is 9.27. The number of aliphatic carboxylic acids is 1. The van der Waals surface area contributed by atoms with Crippen LogP contribution in [0.1, 0.15) is 15.9 Å². The number of rotatable bonds is 7. The van der Waals surface area contributed by atoms with Gasteiger partial charge in [-0.3, -0.25) is 9.59 Å². The van der Waals surface area contributed by atoms with Crippen molar-refractivity contribution in [2.24, 2.45) is 0 Å². The Labute approximate surface area is 156 Å². The number of nitrogens with zero attached hydrogens (tertiary/aromatic N) is 1. The van der Waals surface area contributed by atoms with Crippen LogP contribution in [0.15, 0.2) is 59.5 Å². The molecule has 0 heterocycles. The fourth-order valence-corrected chi connectivity index (χ4v) is 3.44. The normalized spacial score (nSPS) is 11.8. The highest BCUT2D eigenvalue weighted by Gasteiger charge is 2.22. The highest BCUT2D eigenvalue weighted by atomic mass is 35.5. The van der Waals surface area contributed by atoms with Crippen molar-refractivity contribution >= 4 is 39.5 Å². The van der Waals surface area contributed by atoms with Crippen molar-refractivity contribution in [1.82, 2.24) is 4.31 Å². The van der Waals surface area contributed by atoms with Crippen LogP contribution in [-0.2, 0) is 14.8 Å². The standard InChI is InChI=1S/C18H16ClNO5S/c1-20(12-18(22)23)26(24,25)16-8-6-14(7-9-16)17(21)10-5-13-3-2-4-15(19)11-13/h2-11H,12H2,1H3,(H,22,23). The molecule has 0 atom stereocenters. The van der Waals surface area contributed by atoms with Gasteiger partial charge in [0, 0.05) is 17.6 Å². The van der Waals surface area contributed by atoms with Gasteiger partial charge < -0.3 is 5.11 Å². The molecule has 2 rings (SSSR count). The number of benzene rings is 2. The lowest BCUT2D eigenvalue weighted by atomic mass is 10.1. The van der Waals surface area contributed by atoms with E-state index in [1.165, 1.54) is 37.4 Å². The topological polar surface area (TPSA) is 91.8 Å². The van der Waals surface area contributed by atoms with Gasteiger partial charge in [0.15, 0.2) is 5.78 Å². The van der Waals surface area contributed by atoms with Gasteiger partial charge in [-0.05, 0) is 48.0 Å². The van der Waals surface area contributed by atoms with Crippen molar-refractivity contribution in [3.8, 4) is 0 Å². The van der Waals surface area contributed by atoms with Gasteiger partial charge in [0.05, 0.1) is 4.90 Å². The minimum absolute atomic E-state index is 0.0865. The Bertz CT molecular complexity index is 952. The highest BCUT2D eigenvalue weighted by Crippen LogP contribution is 2.16. The van der Waals surface area contributed by atoms with E-state index in [0.29, 0.717) is 10.6 Å². The molecule has 136 valence electrons. The quantitative estimate of drug-likeness (QED) is 0.576. The first-order chi connectivity index (χ1) is 12.2. The summed E-state index contributed by atoms with van der Waals surface area (Å²) < 4.78 is 25.2. The Morgan fingerprint density at radius 1 is 1.15 bits per heavy atom. The summed E-state index contributed by atoms with van der Waals surface area (Å²) in [6, 6.07) is 12.3. The number of carbonyl (C=O) groups is 2. The predicted octanol–water partition coefficient (Wildman–Crippen LogP) is 2.94. The van der Waals surface area contributed by atoms with E-state index in [2.05, 4.69) is 0 Å². The Morgan fingerprint density at radius 2 is 1.81 bits per heavy atom. The molecule has 0 spiro atoms. The van der Waals surface area contributed by atoms with Crippen LogP contribution in [0.2, 0.25) is 5.02 Å². The summed E-state index contributed by atoms with van der Waals surface area (Å²) in [5.74, 6) is -1.55. The van der Waals surface area contributed by atoms with Crippen LogP contribution in [0.4, 0.5) is 0 Å². The Kier molecular flexibility index (Phi) is 6.31. The van der Waals surface area contributed by atoms with Crippen LogP contribution in [0.5, 0.6) is 0 Å². The third-order valence-electron chi connectivity index (χ3n) is 3.48. The molecule has 0 aliphatic heterocycles. The first kappa shape index (κ1) is 19.8. The second kappa shape index (κ2) is 8.27. The van der Waals surface area contributed by atoms with Crippen LogP contribution in [0, 0.1) is 0 Å². The van der Waals surface area contributed by atoms with E-state index in [4.69, 9.17) is 16.7 Å². The van der Waals surface area contributed by atoms with Crippen molar-refractivity contribution in [1.29, 1.82) is 0 Å². The Hall–Kier alpha value is -2.48. The number of hydrogen-bond donors (Lipinski definition) is 1. The van der Waals surface area contributed by atoms with E-state index in [1.807, 2.05) is 0 Å². The molecule has 0 aliphatic carbocycles. The van der Waals surface area contributed by atoms with E-state index in [1.54, 1.807) is 30.3 Å². The maximum absolute atomic E-state index is 12.2. The molecule has 0 radical (unpaired) electrons. The van der Waals surface area contributed by atoms with Gasteiger partial charge in [-0.25, -0.2) is 8.42 Å². The SMILES string of the molecule is CN(CC(=O)O)S(=O)(=O)c1ccc(C(=O)C=Cc2cccc(Cl)c2)cc1. The number of hydrogen-bond acceptors (Lipinski definition) is 4. The molecular formula is C18H16ClNO5S. The van der Waals surface area contributed by atoms with Crippen LogP contribution in [0.3, 0.4) is 0 Å². The zero-order valence-corrected chi connectivity index (χ0v) is 15.4. The summed E-state index contributed by atoms with van der Waals surface area (Å²) in [5.41, 5.74) is 1.07. The lowest BCUT2D eigenvalue weighted by Crippen LogP contribution is -2.32. The molecule has 1 N–H and O–H groups in total. The van der Waals surface area contributed by atoms with Gasteiger partial charge in [0.1, 0.15) is 6.54 Å². The number of allylic oxidation sites excluding steroid dienone is 1. The van der Waals surface area contributed by atoms with Gasteiger partial charge in [0.25, 0.3) is 0 Å². The summed E-state index contributed by atoms with van der Waals surface area (Å²) in [4.78, 5) is 22.8. The number of halogens is 1. The van der Waals surface area contributed by atoms with Crippen molar-refractivity contribution in [3.05, 3.63) is 70.8 Å². The van der Waals surface area contributed by atoms with E-state index in [9.17, 15) is 18.0 Å². The molecule has 0 saturated carbocycles. The number of likely N-dealkylation sites (N-methyl/N-ethyl adjacent to an activating group) is 1. The number of carboxylic acids is 1. The molecule has 0 saturated heterocycles. The Morgan fingerprint density at radius 3 is 2.38 bits per heavy atom. The molecule has 8 heteroatoms. The first-order valence-corrected chi connectivity index (χ1v) is 9.28. The highest BCUT2D eigenvalue weighted by molar-refractivity contribution is 7.89. The fraction of sp³-hybridized carbons (Fsp3) is 0.111. The van der Waals surface area contributed by atoms with E-state index in [-0.39, 0.29) is 10.7 Å². The molecule has 0 aliphatic rings. The van der Waals surface area contributed by atoms with Gasteiger partial charge >= 0.3 is 5.97 Å². The zero-order chi connectivity index (χ0) is 19.3. The molecule has 0 bridgehead atoms. The van der Waals surface area contributed by atoms with Crippen molar-refractivity contribution in [2.75, 3.05) is 13.6 Å². The third kappa shape index (κ3) is 5.01. The molecule has 0 unspecified atom stereocenters. The van der Waals surface area contributed by atoms with E-state index in [0.717, 1.165) is 9.87 Å². The van der Waals surface area contributed by atoms with Crippen molar-refractivity contribution in [3.63, 3.8) is 0 Å². The van der Waals surface area contributed by atoms with Gasteiger partial charge in [-0.1, -0.05) is 29.8 Å². The molecule has 2 aromatic rings. The maximum atomic E-state index is 12.2. The van der Waals surface area contributed by atoms with Crippen molar-refractivity contribution < 1.29 is 23.1 Å². The molecule has 2 aromatic carbocycles. The smallest absolute Gasteiger partial charge is 0.318 e. The largest absolute Gasteiger partial charge is 0.480 e. The molecule has 0 amide bonds. The monoisotopic (exact) mass is 393 g/mol. The maximum Gasteiger partial charge on any atom is 0.318 e. The predicted molar refractivity (Wildman–Crippen MR) is 98.7 cm³/mol. The second-order valence-electron chi connectivity index (χ2n) is 5.43. The molecule has 0 fully saturated rings. The van der Waals surface area contributed by atoms with Crippen LogP contribution < -0.4 is 0 Å². The minimum Gasteiger partial charge on any atom is -0.480 e. The lowest BCUT2D eigenvalue weighted by Gasteiger charge is -2.14. The molecular weight excluding hydrogens is 378 g/mol. The number of carbonyl (C=O) groups excluding carboxylic acids is 1. The summed E-state index contributed by atoms with van der Waals surface area (Å²) in [7, 11) is -2.75. The average Bonchev–Trinajstić information content (AvgIpc) is 2.59. The number of sulfonamides is 1. The summed E-state index contributed by atoms with van der Waals surface area (Å²) >= 11 is 5.88. The van der Waals surface area contributed by atoms with Crippen molar-refractivity contribution in [2.45, 2.75) is 4.90 Å². The van der Waals surface area contributed by atoms with Gasteiger partial charge in [-0.2, -0.15) is 4.31 Å². The van der Waals surface area contributed by atoms with E-state index >= 15 is 0 Å². The lowest BCUT2D eigenvalue weighted by molar-refractivity contribution is -0.137. The fourth-order valence-electron chi connectivity index (χ4n) is 2.12. The summed E-state index contributed by atoms with van der Waals surface area (Å²) in [6.07, 6.45) is 2.98. The van der Waals surface area contributed by atoms with Crippen LogP contribution in [0.25, 0.3) is 6.08 Å². The van der Waals surface area contributed by atoms with Crippen LogP contribution >= 0.6 is 11.6 Å². The summed E-state index contributed by atoms with van der Waals surface area (Å²) in [6.45, 7) is -0.647. The average molecular weight is 394 g/mol. The first-order valence-electron chi connectivity index (χ1n) is 7.46. The second-order valence-corrected chi connectivity index (χ2v) is 7.91. The molecule has 0 aromatic heterocycles. The zero-order valence-electron chi connectivity index (χ0n) is 13.8. The number of ketones is 1. The third-order valence-corrected chi connectivity index (χ3v) is 5.53. The Balaban J connectivity index is 2.16. The van der Waals surface area contributed by atoms with E-state index < -0.39 is 22.5 Å². The van der Waals surface area contributed by atoms with Crippen LogP contribution in [-0.4, -0.2) is 43.2 Å². The van der Waals surface area contributed by atoms with Gasteiger partial charge in [-0.15, -0.1) is 0 Å². The number of carboxylic acid groups (broad SMARTS) is 1. The molecule has 6 nitrogen and oxygen atoms in total.